The van der Waals surface area contributed by atoms with Crippen molar-refractivity contribution in [1.29, 1.82) is 0 Å². The van der Waals surface area contributed by atoms with E-state index in [1.807, 2.05) is 6.07 Å². The number of nitrogens with zero attached hydrogens (tertiary/aromatic N) is 4. The molecule has 0 spiro atoms. The van der Waals surface area contributed by atoms with Crippen LogP contribution in [-0.2, 0) is 4.79 Å². The van der Waals surface area contributed by atoms with Crippen LogP contribution in [0.4, 0.5) is 0 Å². The molecule has 0 saturated carbocycles. The number of ketones is 1. The second kappa shape index (κ2) is 11.0. The smallest absolute Gasteiger partial charge is 0.295 e. The number of nitrogens with one attached hydrogen (secondary N) is 2. The molecule has 5 rings (SSSR count). The number of aliphatic hydroxyl groups excluding tert-OH is 1. The molecule has 13 heteroatoms. The van der Waals surface area contributed by atoms with Crippen LogP contribution in [0.3, 0.4) is 0 Å². The number of thiazole rings is 1. The lowest BCUT2D eigenvalue weighted by molar-refractivity contribution is -0.127. The summed E-state index contributed by atoms with van der Waals surface area (Å²) in [4.78, 5) is 65.7. The standard InChI is InChI=1S/C26H24N6O6S/c33-11-6-27-23(36)17-14-39-24(30-17)21-20-19(18(34)13-29-21)16(12-28-20)22(35)26(38)32-9-7-31(8-10-32)25(37)15-4-2-1-3-5-15/h1-5,12-14,28,33-34H,6-11H2,(H,27,36). The molecule has 0 atom stereocenters. The van der Waals surface area contributed by atoms with Gasteiger partial charge in [-0.05, 0) is 12.1 Å². The van der Waals surface area contributed by atoms with Crippen LogP contribution in [0.25, 0.3) is 21.6 Å². The van der Waals surface area contributed by atoms with Gasteiger partial charge in [-0.1, -0.05) is 18.2 Å². The van der Waals surface area contributed by atoms with Crippen molar-refractivity contribution in [3.05, 3.63) is 64.9 Å². The molecule has 1 aliphatic heterocycles. The van der Waals surface area contributed by atoms with Gasteiger partial charge in [-0.3, -0.25) is 19.2 Å². The van der Waals surface area contributed by atoms with Crippen molar-refractivity contribution in [2.45, 2.75) is 0 Å². The number of aliphatic hydroxyl groups is 1. The molecule has 4 aromatic rings. The first-order valence-corrected chi connectivity index (χ1v) is 13.0. The zero-order valence-corrected chi connectivity index (χ0v) is 21.4. The summed E-state index contributed by atoms with van der Waals surface area (Å²) in [6, 6.07) is 8.86. The molecule has 3 amide bonds. The molecule has 3 aromatic heterocycles. The van der Waals surface area contributed by atoms with Crippen LogP contribution in [-0.4, -0.2) is 97.8 Å². The van der Waals surface area contributed by atoms with Gasteiger partial charge in [-0.25, -0.2) is 9.97 Å². The number of hydrogen-bond donors (Lipinski definition) is 4. The van der Waals surface area contributed by atoms with Crippen LogP contribution in [0, 0.1) is 0 Å². The van der Waals surface area contributed by atoms with Crippen molar-refractivity contribution in [1.82, 2.24) is 30.1 Å². The molecule has 39 heavy (non-hydrogen) atoms. The highest BCUT2D eigenvalue weighted by atomic mass is 32.1. The van der Waals surface area contributed by atoms with Gasteiger partial charge in [0.05, 0.1) is 29.3 Å². The number of H-pyrrole nitrogens is 1. The van der Waals surface area contributed by atoms with Crippen LogP contribution in [0.15, 0.2) is 48.1 Å². The number of aromatic amines is 1. The maximum absolute atomic E-state index is 13.2. The molecule has 0 bridgehead atoms. The van der Waals surface area contributed by atoms with Crippen LogP contribution in [0.1, 0.15) is 31.2 Å². The molecular weight excluding hydrogens is 524 g/mol. The number of benzene rings is 1. The number of aromatic nitrogens is 3. The predicted octanol–water partition coefficient (Wildman–Crippen LogP) is 1.28. The summed E-state index contributed by atoms with van der Waals surface area (Å²) >= 11 is 1.14. The molecule has 1 aliphatic rings. The highest BCUT2D eigenvalue weighted by Gasteiger charge is 2.31. The summed E-state index contributed by atoms with van der Waals surface area (Å²) in [5.74, 6) is -2.42. The summed E-state index contributed by atoms with van der Waals surface area (Å²) in [5, 5.41) is 24.0. The first-order chi connectivity index (χ1) is 18.9. The Morgan fingerprint density at radius 3 is 2.49 bits per heavy atom. The van der Waals surface area contributed by atoms with E-state index in [4.69, 9.17) is 5.11 Å². The van der Waals surface area contributed by atoms with Gasteiger partial charge in [0.2, 0.25) is 0 Å². The Morgan fingerprint density at radius 2 is 1.77 bits per heavy atom. The number of amides is 3. The average Bonchev–Trinajstić information content (AvgIpc) is 3.65. The number of carbonyl (C=O) groups is 4. The van der Waals surface area contributed by atoms with Crippen molar-refractivity contribution in [3.8, 4) is 16.5 Å². The maximum atomic E-state index is 13.2. The van der Waals surface area contributed by atoms with E-state index in [1.165, 1.54) is 16.5 Å². The van der Waals surface area contributed by atoms with Gasteiger partial charge in [-0.2, -0.15) is 0 Å². The Hall–Kier alpha value is -4.62. The first kappa shape index (κ1) is 26.0. The summed E-state index contributed by atoms with van der Waals surface area (Å²) in [5.41, 5.74) is 1.27. The lowest BCUT2D eigenvalue weighted by atomic mass is 10.1. The summed E-state index contributed by atoms with van der Waals surface area (Å²) in [6.07, 6.45) is 2.50. The van der Waals surface area contributed by atoms with E-state index in [2.05, 4.69) is 20.3 Å². The molecule has 0 aliphatic carbocycles. The SMILES string of the molecule is O=C(NCCO)c1csc(-c2ncc(O)c3c(C(=O)C(=O)N4CCN(C(=O)c5ccccc5)CC4)c[nH]c23)n1. The van der Waals surface area contributed by atoms with E-state index in [-0.39, 0.29) is 67.6 Å². The topological polar surface area (TPSA) is 169 Å². The molecule has 1 fully saturated rings. The minimum absolute atomic E-state index is 0.0172. The normalized spacial score (nSPS) is 13.5. The molecule has 0 unspecified atom stereocenters. The van der Waals surface area contributed by atoms with Gasteiger partial charge >= 0.3 is 0 Å². The number of piperazine rings is 1. The minimum Gasteiger partial charge on any atom is -0.506 e. The number of aromatic hydroxyl groups is 1. The van der Waals surface area contributed by atoms with Gasteiger partial charge in [0.1, 0.15) is 22.1 Å². The molecule has 1 saturated heterocycles. The van der Waals surface area contributed by atoms with Crippen molar-refractivity contribution in [2.24, 2.45) is 0 Å². The monoisotopic (exact) mass is 548 g/mol. The Labute approximate surface area is 225 Å². The molecule has 4 N–H and O–H groups in total. The van der Waals surface area contributed by atoms with Crippen molar-refractivity contribution in [2.75, 3.05) is 39.3 Å². The Bertz CT molecular complexity index is 1560. The summed E-state index contributed by atoms with van der Waals surface area (Å²) in [7, 11) is 0. The van der Waals surface area contributed by atoms with Crippen LogP contribution in [0.5, 0.6) is 5.75 Å². The minimum atomic E-state index is -0.806. The van der Waals surface area contributed by atoms with Gasteiger partial charge in [0.25, 0.3) is 23.5 Å². The fraction of sp³-hybridized carbons (Fsp3) is 0.231. The van der Waals surface area contributed by atoms with Crippen molar-refractivity contribution < 1.29 is 29.4 Å². The zero-order valence-electron chi connectivity index (χ0n) is 20.6. The molecule has 200 valence electrons. The Kier molecular flexibility index (Phi) is 7.34. The third kappa shape index (κ3) is 5.09. The molecular formula is C26H24N6O6S. The fourth-order valence-electron chi connectivity index (χ4n) is 4.35. The van der Waals surface area contributed by atoms with Crippen molar-refractivity contribution >= 4 is 45.7 Å². The third-order valence-corrected chi connectivity index (χ3v) is 7.19. The largest absolute Gasteiger partial charge is 0.506 e. The summed E-state index contributed by atoms with van der Waals surface area (Å²) in [6.45, 7) is 0.857. The van der Waals surface area contributed by atoms with E-state index >= 15 is 0 Å². The van der Waals surface area contributed by atoms with Gasteiger partial charge in [-0.15, -0.1) is 11.3 Å². The fourth-order valence-corrected chi connectivity index (χ4v) is 5.15. The number of fused-ring (bicyclic) bond motifs is 1. The maximum Gasteiger partial charge on any atom is 0.295 e. The summed E-state index contributed by atoms with van der Waals surface area (Å²) < 4.78 is 0. The lowest BCUT2D eigenvalue weighted by Gasteiger charge is -2.34. The number of pyridine rings is 1. The average molecular weight is 549 g/mol. The molecule has 4 heterocycles. The van der Waals surface area contributed by atoms with Gasteiger partial charge in [0, 0.05) is 49.9 Å². The third-order valence-electron chi connectivity index (χ3n) is 6.34. The van der Waals surface area contributed by atoms with Crippen LogP contribution in [0.2, 0.25) is 0 Å². The zero-order chi connectivity index (χ0) is 27.5. The van der Waals surface area contributed by atoms with E-state index in [0.29, 0.717) is 21.8 Å². The first-order valence-electron chi connectivity index (χ1n) is 12.1. The second-order valence-electron chi connectivity index (χ2n) is 8.74. The predicted molar refractivity (Wildman–Crippen MR) is 142 cm³/mol. The highest BCUT2D eigenvalue weighted by Crippen LogP contribution is 2.35. The number of hydrogen-bond acceptors (Lipinski definition) is 9. The van der Waals surface area contributed by atoms with Gasteiger partial charge < -0.3 is 30.3 Å². The Balaban J connectivity index is 1.33. The van der Waals surface area contributed by atoms with Crippen LogP contribution >= 0.6 is 11.3 Å². The number of carbonyl (C=O) groups excluding carboxylic acids is 4. The quantitative estimate of drug-likeness (QED) is 0.198. The van der Waals surface area contributed by atoms with E-state index in [1.54, 1.807) is 29.2 Å². The Morgan fingerprint density at radius 1 is 1.05 bits per heavy atom. The second-order valence-corrected chi connectivity index (χ2v) is 9.60. The van der Waals surface area contributed by atoms with Crippen LogP contribution < -0.4 is 5.32 Å². The van der Waals surface area contributed by atoms with E-state index < -0.39 is 17.6 Å². The van der Waals surface area contributed by atoms with Crippen molar-refractivity contribution in [3.63, 3.8) is 0 Å². The molecule has 1 aromatic carbocycles. The highest BCUT2D eigenvalue weighted by molar-refractivity contribution is 7.13. The van der Waals surface area contributed by atoms with E-state index in [9.17, 15) is 24.3 Å². The number of Topliss-reactive ketones (excluding diaryl/α,β-unsaturated/α-hetero) is 1. The lowest BCUT2D eigenvalue weighted by Crippen LogP contribution is -2.52. The molecule has 0 radical (unpaired) electrons. The van der Waals surface area contributed by atoms with Gasteiger partial charge in [0.15, 0.2) is 0 Å². The molecule has 12 nitrogen and oxygen atoms in total. The number of rotatable bonds is 7. The van der Waals surface area contributed by atoms with E-state index in [0.717, 1.165) is 17.5 Å².